The van der Waals surface area contributed by atoms with Crippen LogP contribution in [0.1, 0.15) is 48.2 Å². The summed E-state index contributed by atoms with van der Waals surface area (Å²) in [6, 6.07) is 8.76. The van der Waals surface area contributed by atoms with E-state index in [1.807, 2.05) is 6.07 Å². The Morgan fingerprint density at radius 2 is 2.12 bits per heavy atom. The first-order valence-corrected chi connectivity index (χ1v) is 11.1. The Bertz CT molecular complexity index is 1100. The fourth-order valence-electron chi connectivity index (χ4n) is 4.56. The summed E-state index contributed by atoms with van der Waals surface area (Å²) in [5.74, 6) is -0.310. The number of hydrogen-bond donors (Lipinski definition) is 4. The van der Waals surface area contributed by atoms with E-state index in [4.69, 9.17) is 5.73 Å². The number of aryl methyl sites for hydroxylation is 1. The van der Waals surface area contributed by atoms with Gasteiger partial charge < -0.3 is 21.7 Å². The Morgan fingerprint density at radius 3 is 2.85 bits per heavy atom. The topological polar surface area (TPSA) is 133 Å². The van der Waals surface area contributed by atoms with Gasteiger partial charge in [-0.1, -0.05) is 12.1 Å². The van der Waals surface area contributed by atoms with Crippen molar-refractivity contribution in [1.29, 1.82) is 5.26 Å². The first kappa shape index (κ1) is 22.7. The highest BCUT2D eigenvalue weighted by atomic mass is 19.1. The second-order valence-electron chi connectivity index (χ2n) is 8.79. The quantitative estimate of drug-likeness (QED) is 0.527. The predicted molar refractivity (Wildman–Crippen MR) is 120 cm³/mol. The number of nitrogen functional groups attached to an aromatic ring is 1. The van der Waals surface area contributed by atoms with Crippen LogP contribution >= 0.6 is 0 Å². The van der Waals surface area contributed by atoms with E-state index in [0.29, 0.717) is 31.4 Å². The molecule has 4 atom stereocenters. The number of carbonyl (C=O) groups excluding carboxylic acids is 2. The number of fused-ring (bicyclic) bond motifs is 1. The van der Waals surface area contributed by atoms with Gasteiger partial charge in [-0.3, -0.25) is 9.59 Å². The van der Waals surface area contributed by atoms with Crippen LogP contribution in [-0.2, 0) is 22.4 Å². The summed E-state index contributed by atoms with van der Waals surface area (Å²) in [6.07, 6.45) is 2.74. The van der Waals surface area contributed by atoms with E-state index in [1.54, 1.807) is 25.1 Å². The lowest BCUT2D eigenvalue weighted by Gasteiger charge is -2.20. The summed E-state index contributed by atoms with van der Waals surface area (Å²) in [5, 5.41) is 18.2. The number of halogens is 1. The number of anilines is 1. The molecule has 2 amide bonds. The van der Waals surface area contributed by atoms with Crippen molar-refractivity contribution < 1.29 is 14.0 Å². The number of nitrogens with zero attached hydrogens (tertiary/aromatic N) is 2. The maximum atomic E-state index is 13.1. The molecule has 1 aliphatic heterocycles. The van der Waals surface area contributed by atoms with Crippen molar-refractivity contribution in [3.8, 4) is 6.07 Å². The Kier molecular flexibility index (Phi) is 6.56. The maximum Gasteiger partial charge on any atom is 0.242 e. The number of aromatic nitrogens is 1. The van der Waals surface area contributed by atoms with Crippen molar-refractivity contribution in [3.05, 3.63) is 58.5 Å². The van der Waals surface area contributed by atoms with Crippen LogP contribution in [-0.4, -0.2) is 35.4 Å². The van der Waals surface area contributed by atoms with E-state index in [0.717, 1.165) is 23.2 Å². The number of nitriles is 1. The first-order valence-electron chi connectivity index (χ1n) is 11.1. The predicted octanol–water partition coefficient (Wildman–Crippen LogP) is 1.50. The minimum atomic E-state index is -0.711. The Balaban J connectivity index is 1.29. The van der Waals surface area contributed by atoms with Crippen LogP contribution in [0, 0.1) is 23.1 Å². The van der Waals surface area contributed by atoms with Gasteiger partial charge in [0.1, 0.15) is 23.7 Å². The Hall–Kier alpha value is -3.51. The molecule has 1 fully saturated rings. The average molecular weight is 451 g/mol. The van der Waals surface area contributed by atoms with Crippen LogP contribution < -0.4 is 21.7 Å². The Labute approximate surface area is 191 Å². The highest BCUT2D eigenvalue weighted by Crippen LogP contribution is 2.32. The molecule has 33 heavy (non-hydrogen) atoms. The maximum absolute atomic E-state index is 13.1. The van der Waals surface area contributed by atoms with Crippen LogP contribution in [0.25, 0.3) is 0 Å². The molecule has 9 heteroatoms. The van der Waals surface area contributed by atoms with Crippen molar-refractivity contribution in [3.63, 3.8) is 0 Å². The fraction of sp³-hybridized carbons (Fsp3) is 0.417. The van der Waals surface area contributed by atoms with Gasteiger partial charge in [0.15, 0.2) is 0 Å². The molecule has 2 heterocycles. The number of amides is 2. The van der Waals surface area contributed by atoms with E-state index in [1.165, 1.54) is 12.1 Å². The van der Waals surface area contributed by atoms with Gasteiger partial charge >= 0.3 is 0 Å². The summed E-state index contributed by atoms with van der Waals surface area (Å²) in [7, 11) is 0. The molecule has 1 aromatic heterocycles. The van der Waals surface area contributed by atoms with Crippen LogP contribution in [0.2, 0.25) is 0 Å². The minimum absolute atomic E-state index is 0.200. The molecule has 0 saturated carbocycles. The monoisotopic (exact) mass is 450 g/mol. The molecule has 5 N–H and O–H groups in total. The zero-order chi connectivity index (χ0) is 23.5. The summed E-state index contributed by atoms with van der Waals surface area (Å²) in [5.41, 5.74) is 8.69. The summed E-state index contributed by atoms with van der Waals surface area (Å²) < 4.78 is 13.1. The second-order valence-corrected chi connectivity index (χ2v) is 8.79. The first-order chi connectivity index (χ1) is 15.8. The fourth-order valence-corrected chi connectivity index (χ4v) is 4.56. The van der Waals surface area contributed by atoms with Crippen LogP contribution in [0.5, 0.6) is 0 Å². The van der Waals surface area contributed by atoms with Gasteiger partial charge in [-0.05, 0) is 74.4 Å². The molecule has 1 unspecified atom stereocenters. The normalized spacial score (nSPS) is 22.3. The highest BCUT2D eigenvalue weighted by molar-refractivity contribution is 5.89. The van der Waals surface area contributed by atoms with Crippen LogP contribution in [0.4, 0.5) is 10.2 Å². The lowest BCUT2D eigenvalue weighted by atomic mass is 9.96. The molecule has 4 rings (SSSR count). The lowest BCUT2D eigenvalue weighted by molar-refractivity contribution is -0.129. The third-order valence-corrected chi connectivity index (χ3v) is 6.37. The average Bonchev–Trinajstić information content (AvgIpc) is 3.41. The van der Waals surface area contributed by atoms with Crippen LogP contribution in [0.3, 0.4) is 0 Å². The molecule has 8 nitrogen and oxygen atoms in total. The number of nitrogens with one attached hydrogen (secondary N) is 3. The molecule has 1 aromatic carbocycles. The molecule has 172 valence electrons. The number of carbonyl (C=O) groups is 2. The lowest BCUT2D eigenvalue weighted by Crippen LogP contribution is -2.50. The van der Waals surface area contributed by atoms with E-state index >= 15 is 0 Å². The van der Waals surface area contributed by atoms with Gasteiger partial charge in [0, 0.05) is 5.69 Å². The number of benzene rings is 1. The van der Waals surface area contributed by atoms with E-state index in [9.17, 15) is 19.2 Å². The van der Waals surface area contributed by atoms with E-state index in [2.05, 4.69) is 20.9 Å². The van der Waals surface area contributed by atoms with Crippen molar-refractivity contribution in [1.82, 2.24) is 20.9 Å². The third kappa shape index (κ3) is 5.12. The SMILES string of the molecule is C[C@H](NC(=O)[C@H]1C[C@H](Cc2ccc(F)cc2)CN1)C(=O)NC1CCc2nc(N)c(C#N)cc21. The molecular weight excluding hydrogens is 423 g/mol. The molecule has 1 aliphatic carbocycles. The summed E-state index contributed by atoms with van der Waals surface area (Å²) in [4.78, 5) is 29.7. The molecule has 0 radical (unpaired) electrons. The van der Waals surface area contributed by atoms with Crippen molar-refractivity contribution in [2.24, 2.45) is 5.92 Å². The minimum Gasteiger partial charge on any atom is -0.383 e. The summed E-state index contributed by atoms with van der Waals surface area (Å²) >= 11 is 0. The number of pyridine rings is 1. The van der Waals surface area contributed by atoms with Gasteiger partial charge in [-0.2, -0.15) is 5.26 Å². The molecule has 1 saturated heterocycles. The zero-order valence-corrected chi connectivity index (χ0v) is 18.4. The zero-order valence-electron chi connectivity index (χ0n) is 18.4. The van der Waals surface area contributed by atoms with Crippen molar-refractivity contribution in [2.75, 3.05) is 12.3 Å². The smallest absolute Gasteiger partial charge is 0.242 e. The van der Waals surface area contributed by atoms with Gasteiger partial charge in [0.25, 0.3) is 0 Å². The standard InChI is InChI=1S/C24H27FN6O2/c1-13(23(32)31-20-7-6-19-18(20)10-16(11-26)22(27)30-19)29-24(33)21-9-15(12-28-21)8-14-2-4-17(25)5-3-14/h2-5,10,13,15,20-21,28H,6-9,12H2,1H3,(H2,27,30)(H,29,33)(H,31,32)/t13-,15-,20?,21+/m0/s1. The van der Waals surface area contributed by atoms with Gasteiger partial charge in [-0.15, -0.1) is 0 Å². The van der Waals surface area contributed by atoms with Crippen molar-refractivity contribution >= 4 is 17.6 Å². The third-order valence-electron chi connectivity index (χ3n) is 6.37. The van der Waals surface area contributed by atoms with Gasteiger partial charge in [0.05, 0.1) is 17.6 Å². The molecule has 0 spiro atoms. The van der Waals surface area contributed by atoms with Crippen molar-refractivity contribution in [2.45, 2.75) is 50.7 Å². The molecule has 2 aromatic rings. The number of hydrogen-bond acceptors (Lipinski definition) is 6. The van der Waals surface area contributed by atoms with Crippen LogP contribution in [0.15, 0.2) is 30.3 Å². The van der Waals surface area contributed by atoms with E-state index < -0.39 is 6.04 Å². The number of rotatable bonds is 6. The Morgan fingerprint density at radius 1 is 1.36 bits per heavy atom. The molecular formula is C24H27FN6O2. The van der Waals surface area contributed by atoms with Gasteiger partial charge in [0.2, 0.25) is 11.8 Å². The largest absolute Gasteiger partial charge is 0.383 e. The molecule has 0 bridgehead atoms. The van der Waals surface area contributed by atoms with Gasteiger partial charge in [-0.25, -0.2) is 9.37 Å². The highest BCUT2D eigenvalue weighted by Gasteiger charge is 2.32. The number of nitrogens with two attached hydrogens (primary N) is 1. The summed E-state index contributed by atoms with van der Waals surface area (Å²) in [6.45, 7) is 2.34. The second kappa shape index (κ2) is 9.55. The molecule has 2 aliphatic rings. The van der Waals surface area contributed by atoms with E-state index in [-0.39, 0.29) is 41.5 Å².